The number of thioether (sulfide) groups is 1. The molecular formula is C16H19N5OS2. The summed E-state index contributed by atoms with van der Waals surface area (Å²) < 4.78 is 6.16. The van der Waals surface area contributed by atoms with Crippen LogP contribution in [0, 0.1) is 0 Å². The summed E-state index contributed by atoms with van der Waals surface area (Å²) >= 11 is 3.07. The summed E-state index contributed by atoms with van der Waals surface area (Å²) in [7, 11) is 0. The van der Waals surface area contributed by atoms with Crippen molar-refractivity contribution in [1.29, 1.82) is 0 Å². The molecule has 0 radical (unpaired) electrons. The van der Waals surface area contributed by atoms with Gasteiger partial charge in [0.15, 0.2) is 10.2 Å². The van der Waals surface area contributed by atoms with E-state index in [1.807, 2.05) is 18.2 Å². The van der Waals surface area contributed by atoms with E-state index in [-0.39, 0.29) is 5.41 Å². The van der Waals surface area contributed by atoms with Crippen LogP contribution in [-0.2, 0) is 17.7 Å². The number of hydrogen-bond acceptors (Lipinski definition) is 8. The Kier molecular flexibility index (Phi) is 5.15. The molecule has 0 spiro atoms. The average Bonchev–Trinajstić information content (AvgIpc) is 3.21. The van der Waals surface area contributed by atoms with E-state index < -0.39 is 0 Å². The van der Waals surface area contributed by atoms with Gasteiger partial charge in [-0.1, -0.05) is 79.4 Å². The standard InChI is InChI=1S/C16H19N5OS2/c1-16(2,3)13-18-12(22-21-13)10-23-15-20-19-14(24-15)17-9-11-7-5-4-6-8-11/h4-8H,9-10H2,1-3H3,(H,17,19). The minimum absolute atomic E-state index is 0.107. The molecule has 0 atom stereocenters. The van der Waals surface area contributed by atoms with Crippen LogP contribution in [0.1, 0.15) is 38.0 Å². The quantitative estimate of drug-likeness (QED) is 0.662. The Labute approximate surface area is 149 Å². The molecule has 0 aliphatic carbocycles. The largest absolute Gasteiger partial charge is 0.356 e. The fourth-order valence-corrected chi connectivity index (χ4v) is 3.44. The minimum atomic E-state index is -0.107. The number of nitrogens with zero attached hydrogens (tertiary/aromatic N) is 4. The highest BCUT2D eigenvalue weighted by molar-refractivity contribution is 8.00. The van der Waals surface area contributed by atoms with E-state index >= 15 is 0 Å². The van der Waals surface area contributed by atoms with Crippen molar-refractivity contribution in [3.8, 4) is 0 Å². The third kappa shape index (κ3) is 4.55. The van der Waals surface area contributed by atoms with Gasteiger partial charge in [0.1, 0.15) is 0 Å². The first-order valence-electron chi connectivity index (χ1n) is 7.58. The van der Waals surface area contributed by atoms with Crippen LogP contribution in [-0.4, -0.2) is 20.3 Å². The van der Waals surface area contributed by atoms with Gasteiger partial charge in [-0.3, -0.25) is 0 Å². The van der Waals surface area contributed by atoms with Crippen molar-refractivity contribution < 1.29 is 4.52 Å². The molecule has 0 saturated carbocycles. The van der Waals surface area contributed by atoms with Crippen molar-refractivity contribution in [3.05, 3.63) is 47.6 Å². The zero-order valence-corrected chi connectivity index (χ0v) is 15.4. The van der Waals surface area contributed by atoms with Crippen LogP contribution >= 0.6 is 23.1 Å². The summed E-state index contributed by atoms with van der Waals surface area (Å²) in [5.41, 5.74) is 1.10. The maximum atomic E-state index is 5.28. The van der Waals surface area contributed by atoms with Crippen LogP contribution in [0.3, 0.4) is 0 Å². The highest BCUT2D eigenvalue weighted by Crippen LogP contribution is 2.28. The van der Waals surface area contributed by atoms with Gasteiger partial charge in [-0.15, -0.1) is 10.2 Å². The van der Waals surface area contributed by atoms with Gasteiger partial charge in [0.05, 0.1) is 5.75 Å². The number of anilines is 1. The van der Waals surface area contributed by atoms with Crippen molar-refractivity contribution in [3.63, 3.8) is 0 Å². The molecule has 0 aliphatic heterocycles. The lowest BCUT2D eigenvalue weighted by Gasteiger charge is -2.10. The van der Waals surface area contributed by atoms with Gasteiger partial charge in [-0.2, -0.15) is 4.98 Å². The molecule has 0 saturated heterocycles. The molecule has 0 fully saturated rings. The molecule has 3 rings (SSSR count). The maximum absolute atomic E-state index is 5.28. The molecule has 0 aliphatic rings. The highest BCUT2D eigenvalue weighted by atomic mass is 32.2. The summed E-state index contributed by atoms with van der Waals surface area (Å²) in [6, 6.07) is 10.2. The number of aromatic nitrogens is 4. The zero-order chi connectivity index (χ0) is 17.0. The second-order valence-corrected chi connectivity index (χ2v) is 8.46. The van der Waals surface area contributed by atoms with Gasteiger partial charge in [-0.25, -0.2) is 0 Å². The second-order valence-electron chi connectivity index (χ2n) is 6.26. The van der Waals surface area contributed by atoms with Gasteiger partial charge in [0, 0.05) is 12.0 Å². The second kappa shape index (κ2) is 7.31. The molecule has 8 heteroatoms. The lowest BCUT2D eigenvalue weighted by Crippen LogP contribution is -2.13. The normalized spacial score (nSPS) is 11.6. The Morgan fingerprint density at radius 3 is 2.67 bits per heavy atom. The smallest absolute Gasteiger partial charge is 0.237 e. The summed E-state index contributed by atoms with van der Waals surface area (Å²) in [5.74, 6) is 1.93. The van der Waals surface area contributed by atoms with Crippen LogP contribution in [0.25, 0.3) is 0 Å². The summed E-state index contributed by atoms with van der Waals surface area (Å²) in [4.78, 5) is 4.42. The molecule has 3 aromatic rings. The summed E-state index contributed by atoms with van der Waals surface area (Å²) in [5, 5.41) is 16.5. The molecule has 0 unspecified atom stereocenters. The van der Waals surface area contributed by atoms with Crippen LogP contribution in [0.15, 0.2) is 39.2 Å². The Bertz CT molecular complexity index is 779. The maximum Gasteiger partial charge on any atom is 0.237 e. The van der Waals surface area contributed by atoms with Gasteiger partial charge >= 0.3 is 0 Å². The van der Waals surface area contributed by atoms with Crippen LogP contribution in [0.2, 0.25) is 0 Å². The van der Waals surface area contributed by atoms with Crippen LogP contribution in [0.4, 0.5) is 5.13 Å². The number of hydrogen-bond donors (Lipinski definition) is 1. The molecule has 24 heavy (non-hydrogen) atoms. The predicted octanol–water partition coefficient (Wildman–Crippen LogP) is 4.12. The molecule has 0 amide bonds. The van der Waals surface area contributed by atoms with Crippen molar-refractivity contribution in [2.24, 2.45) is 0 Å². The van der Waals surface area contributed by atoms with Crippen molar-refractivity contribution in [2.45, 2.75) is 42.8 Å². The fourth-order valence-electron chi connectivity index (χ4n) is 1.85. The first-order chi connectivity index (χ1) is 11.5. The van der Waals surface area contributed by atoms with Crippen molar-refractivity contribution in [1.82, 2.24) is 20.3 Å². The Morgan fingerprint density at radius 2 is 1.96 bits per heavy atom. The van der Waals surface area contributed by atoms with Gasteiger partial charge in [0.25, 0.3) is 0 Å². The molecule has 1 N–H and O–H groups in total. The van der Waals surface area contributed by atoms with E-state index in [2.05, 4.69) is 58.6 Å². The molecular weight excluding hydrogens is 342 g/mol. The SMILES string of the molecule is CC(C)(C)c1noc(CSc2nnc(NCc3ccccc3)s2)n1. The minimum Gasteiger partial charge on any atom is -0.356 e. The molecule has 2 aromatic heterocycles. The Balaban J connectivity index is 1.52. The molecule has 6 nitrogen and oxygen atoms in total. The van der Waals surface area contributed by atoms with E-state index in [0.29, 0.717) is 11.6 Å². The van der Waals surface area contributed by atoms with E-state index in [1.165, 1.54) is 16.9 Å². The van der Waals surface area contributed by atoms with Crippen molar-refractivity contribution in [2.75, 3.05) is 5.32 Å². The van der Waals surface area contributed by atoms with Crippen molar-refractivity contribution >= 4 is 28.2 Å². The average molecular weight is 361 g/mol. The zero-order valence-electron chi connectivity index (χ0n) is 13.8. The number of benzene rings is 1. The van der Waals surface area contributed by atoms with Crippen LogP contribution < -0.4 is 5.32 Å². The van der Waals surface area contributed by atoms with Gasteiger partial charge in [0.2, 0.25) is 11.0 Å². The molecule has 0 bridgehead atoms. The molecule has 2 heterocycles. The Hall–Kier alpha value is -1.93. The monoisotopic (exact) mass is 361 g/mol. The van der Waals surface area contributed by atoms with E-state index in [0.717, 1.165) is 21.8 Å². The number of nitrogens with one attached hydrogen (secondary N) is 1. The van der Waals surface area contributed by atoms with Crippen LogP contribution in [0.5, 0.6) is 0 Å². The topological polar surface area (TPSA) is 76.7 Å². The van der Waals surface area contributed by atoms with E-state index in [9.17, 15) is 0 Å². The van der Waals surface area contributed by atoms with E-state index in [4.69, 9.17) is 4.52 Å². The third-order valence-corrected chi connectivity index (χ3v) is 5.15. The Morgan fingerprint density at radius 1 is 1.17 bits per heavy atom. The number of rotatable bonds is 6. The fraction of sp³-hybridized carbons (Fsp3) is 0.375. The molecule has 1 aromatic carbocycles. The highest BCUT2D eigenvalue weighted by Gasteiger charge is 2.21. The third-order valence-electron chi connectivity index (χ3n) is 3.15. The lowest BCUT2D eigenvalue weighted by atomic mass is 9.96. The van der Waals surface area contributed by atoms with E-state index in [1.54, 1.807) is 11.8 Å². The predicted molar refractivity (Wildman–Crippen MR) is 96.2 cm³/mol. The van der Waals surface area contributed by atoms with Gasteiger partial charge in [-0.05, 0) is 5.56 Å². The first-order valence-corrected chi connectivity index (χ1v) is 9.38. The lowest BCUT2D eigenvalue weighted by molar-refractivity contribution is 0.373. The van der Waals surface area contributed by atoms with Gasteiger partial charge < -0.3 is 9.84 Å². The summed E-state index contributed by atoms with van der Waals surface area (Å²) in [6.07, 6.45) is 0. The summed E-state index contributed by atoms with van der Waals surface area (Å²) in [6.45, 7) is 6.91. The molecule has 126 valence electrons. The first kappa shape index (κ1) is 16.9.